The highest BCUT2D eigenvalue weighted by molar-refractivity contribution is 9.10. The van der Waals surface area contributed by atoms with Crippen molar-refractivity contribution in [2.45, 2.75) is 26.7 Å². The molecule has 8 heteroatoms. The highest BCUT2D eigenvalue weighted by Gasteiger charge is 2.12. The summed E-state index contributed by atoms with van der Waals surface area (Å²) in [5.74, 6) is 0.941. The van der Waals surface area contributed by atoms with Crippen molar-refractivity contribution in [3.05, 3.63) is 46.9 Å². The minimum atomic E-state index is -0.461. The summed E-state index contributed by atoms with van der Waals surface area (Å²) in [6, 6.07) is 12.6. The molecule has 0 unspecified atom stereocenters. The van der Waals surface area contributed by atoms with Gasteiger partial charge in [0, 0.05) is 17.0 Å². The maximum atomic E-state index is 12.2. The normalized spacial score (nSPS) is 10.2. The van der Waals surface area contributed by atoms with Gasteiger partial charge in [0.2, 0.25) is 0 Å². The largest absolute Gasteiger partial charge is 0.494 e. The molecule has 0 aliphatic rings. The zero-order valence-corrected chi connectivity index (χ0v) is 18.7. The maximum absolute atomic E-state index is 12.2. The first-order valence-electron chi connectivity index (χ1n) is 9.75. The molecule has 0 radical (unpaired) electrons. The number of nitrogens with one attached hydrogen (secondary N) is 1. The summed E-state index contributed by atoms with van der Waals surface area (Å²) in [7, 11) is 0. The van der Waals surface area contributed by atoms with E-state index in [0.29, 0.717) is 43.4 Å². The molecule has 0 saturated carbocycles. The summed E-state index contributed by atoms with van der Waals surface area (Å²) in [5, 5.41) is 2.69. The molecule has 162 valence electrons. The molecular formula is C22H26BrNO6. The number of halogens is 1. The molecule has 0 saturated heterocycles. The number of rotatable bonds is 12. The highest BCUT2D eigenvalue weighted by atomic mass is 79.9. The van der Waals surface area contributed by atoms with E-state index in [9.17, 15) is 9.59 Å². The molecule has 0 fully saturated rings. The van der Waals surface area contributed by atoms with E-state index < -0.39 is 11.9 Å². The van der Waals surface area contributed by atoms with Crippen molar-refractivity contribution in [3.8, 4) is 17.2 Å². The fourth-order valence-electron chi connectivity index (χ4n) is 2.49. The number of benzene rings is 2. The van der Waals surface area contributed by atoms with Gasteiger partial charge < -0.3 is 24.3 Å². The van der Waals surface area contributed by atoms with Gasteiger partial charge in [0.1, 0.15) is 17.2 Å². The van der Waals surface area contributed by atoms with E-state index in [1.165, 1.54) is 0 Å². The van der Waals surface area contributed by atoms with E-state index in [2.05, 4.69) is 21.2 Å². The van der Waals surface area contributed by atoms with Gasteiger partial charge in [-0.05, 0) is 56.7 Å². The number of ether oxygens (including phenoxy) is 4. The monoisotopic (exact) mass is 479 g/mol. The summed E-state index contributed by atoms with van der Waals surface area (Å²) in [6.45, 7) is 4.68. The van der Waals surface area contributed by atoms with E-state index in [1.54, 1.807) is 18.2 Å². The van der Waals surface area contributed by atoms with Crippen molar-refractivity contribution in [3.63, 3.8) is 0 Å². The summed E-state index contributed by atoms with van der Waals surface area (Å²) < 4.78 is 22.5. The van der Waals surface area contributed by atoms with E-state index in [-0.39, 0.29) is 13.0 Å². The summed E-state index contributed by atoms with van der Waals surface area (Å²) in [5.41, 5.74) is 0.465. The van der Waals surface area contributed by atoms with Crippen LogP contribution in [-0.2, 0) is 14.3 Å². The van der Waals surface area contributed by atoms with Crippen molar-refractivity contribution in [2.75, 3.05) is 31.7 Å². The van der Waals surface area contributed by atoms with Crippen molar-refractivity contribution in [2.24, 2.45) is 0 Å². The molecule has 0 aliphatic heterocycles. The van der Waals surface area contributed by atoms with Crippen LogP contribution >= 0.6 is 15.9 Å². The lowest BCUT2D eigenvalue weighted by atomic mass is 10.2. The zero-order valence-electron chi connectivity index (χ0n) is 17.1. The minimum absolute atomic E-state index is 0.161. The number of amides is 1. The van der Waals surface area contributed by atoms with Crippen molar-refractivity contribution in [1.82, 2.24) is 0 Å². The van der Waals surface area contributed by atoms with Gasteiger partial charge in [0.15, 0.2) is 6.61 Å². The van der Waals surface area contributed by atoms with E-state index >= 15 is 0 Å². The highest BCUT2D eigenvalue weighted by Crippen LogP contribution is 2.29. The first kappa shape index (κ1) is 23.5. The van der Waals surface area contributed by atoms with Crippen LogP contribution in [0.3, 0.4) is 0 Å². The molecule has 0 spiro atoms. The Bertz CT molecular complexity index is 825. The van der Waals surface area contributed by atoms with Crippen LogP contribution in [0.2, 0.25) is 0 Å². The van der Waals surface area contributed by atoms with Crippen LogP contribution in [0.5, 0.6) is 17.2 Å². The van der Waals surface area contributed by atoms with Gasteiger partial charge in [-0.15, -0.1) is 0 Å². The molecule has 2 aromatic carbocycles. The van der Waals surface area contributed by atoms with Gasteiger partial charge in [-0.1, -0.05) is 15.9 Å². The van der Waals surface area contributed by atoms with Crippen LogP contribution in [-0.4, -0.2) is 38.3 Å². The predicted molar refractivity (Wildman–Crippen MR) is 117 cm³/mol. The number of carbonyl (C=O) groups excluding carboxylic acids is 2. The number of hydrogen-bond acceptors (Lipinski definition) is 6. The van der Waals surface area contributed by atoms with Crippen molar-refractivity contribution < 1.29 is 28.5 Å². The minimum Gasteiger partial charge on any atom is -0.494 e. The van der Waals surface area contributed by atoms with Gasteiger partial charge in [0.05, 0.1) is 25.5 Å². The molecule has 2 aromatic rings. The number of hydrogen-bond donors (Lipinski definition) is 1. The number of anilines is 1. The fourth-order valence-corrected chi connectivity index (χ4v) is 2.75. The van der Waals surface area contributed by atoms with Crippen molar-refractivity contribution >= 4 is 33.5 Å². The Labute approximate surface area is 184 Å². The Morgan fingerprint density at radius 1 is 0.933 bits per heavy atom. The fraction of sp³-hybridized carbons (Fsp3) is 0.364. The average molecular weight is 480 g/mol. The second-order valence-electron chi connectivity index (χ2n) is 6.14. The van der Waals surface area contributed by atoms with Gasteiger partial charge in [0.25, 0.3) is 5.91 Å². The standard InChI is InChI=1S/C22H26BrNO6/c1-3-27-18-11-12-20(28-4-2)19(14-18)24-21(25)15-30-22(26)6-5-13-29-17-9-7-16(23)8-10-17/h7-12,14H,3-6,13,15H2,1-2H3,(H,24,25). The summed E-state index contributed by atoms with van der Waals surface area (Å²) >= 11 is 3.36. The van der Waals surface area contributed by atoms with Crippen LogP contribution in [0.25, 0.3) is 0 Å². The molecule has 0 aliphatic carbocycles. The lowest BCUT2D eigenvalue weighted by molar-refractivity contribution is -0.147. The first-order valence-corrected chi connectivity index (χ1v) is 10.5. The first-order chi connectivity index (χ1) is 14.5. The third-order valence-corrected chi connectivity index (χ3v) is 4.34. The Balaban J connectivity index is 1.73. The van der Waals surface area contributed by atoms with Crippen LogP contribution in [0.15, 0.2) is 46.9 Å². The summed E-state index contributed by atoms with van der Waals surface area (Å²) in [6.07, 6.45) is 0.648. The van der Waals surface area contributed by atoms with E-state index in [4.69, 9.17) is 18.9 Å². The maximum Gasteiger partial charge on any atom is 0.306 e. The van der Waals surface area contributed by atoms with Gasteiger partial charge in [-0.25, -0.2) is 0 Å². The Morgan fingerprint density at radius 2 is 1.63 bits per heavy atom. The second-order valence-corrected chi connectivity index (χ2v) is 7.05. The van der Waals surface area contributed by atoms with E-state index in [1.807, 2.05) is 38.1 Å². The van der Waals surface area contributed by atoms with Crippen LogP contribution < -0.4 is 19.5 Å². The lowest BCUT2D eigenvalue weighted by Crippen LogP contribution is -2.21. The van der Waals surface area contributed by atoms with E-state index in [0.717, 1.165) is 10.2 Å². The Kier molecular flexibility index (Phi) is 10.00. The molecule has 0 heterocycles. The molecule has 0 atom stereocenters. The van der Waals surface area contributed by atoms with Crippen LogP contribution in [0.4, 0.5) is 5.69 Å². The third-order valence-electron chi connectivity index (χ3n) is 3.81. The third kappa shape index (κ3) is 8.32. The van der Waals surface area contributed by atoms with Gasteiger partial charge in [-0.2, -0.15) is 0 Å². The zero-order chi connectivity index (χ0) is 21.8. The quantitative estimate of drug-likeness (QED) is 0.354. The Morgan fingerprint density at radius 3 is 2.33 bits per heavy atom. The topological polar surface area (TPSA) is 83.1 Å². The SMILES string of the molecule is CCOc1ccc(OCC)c(NC(=O)COC(=O)CCCOc2ccc(Br)cc2)c1. The summed E-state index contributed by atoms with van der Waals surface area (Å²) in [4.78, 5) is 24.0. The number of esters is 1. The predicted octanol–water partition coefficient (Wildman–Crippen LogP) is 4.59. The molecule has 0 aromatic heterocycles. The average Bonchev–Trinajstić information content (AvgIpc) is 2.73. The molecule has 0 bridgehead atoms. The van der Waals surface area contributed by atoms with Gasteiger partial charge >= 0.3 is 5.97 Å². The molecule has 7 nitrogen and oxygen atoms in total. The molecule has 1 N–H and O–H groups in total. The number of carbonyl (C=O) groups is 2. The van der Waals surface area contributed by atoms with Gasteiger partial charge in [-0.3, -0.25) is 9.59 Å². The van der Waals surface area contributed by atoms with Crippen LogP contribution in [0, 0.1) is 0 Å². The molecule has 30 heavy (non-hydrogen) atoms. The molecule has 2 rings (SSSR count). The van der Waals surface area contributed by atoms with Crippen LogP contribution in [0.1, 0.15) is 26.7 Å². The second kappa shape index (κ2) is 12.7. The molecular weight excluding hydrogens is 454 g/mol. The molecule has 1 amide bonds. The lowest BCUT2D eigenvalue weighted by Gasteiger charge is -2.13. The smallest absolute Gasteiger partial charge is 0.306 e. The Hall–Kier alpha value is -2.74. The van der Waals surface area contributed by atoms with Crippen molar-refractivity contribution in [1.29, 1.82) is 0 Å².